The molecule has 0 radical (unpaired) electrons. The maximum Gasteiger partial charge on any atom is 0.416 e. The van der Waals surface area contributed by atoms with Gasteiger partial charge in [0.1, 0.15) is 5.75 Å². The predicted molar refractivity (Wildman–Crippen MR) is 116 cm³/mol. The Labute approximate surface area is 183 Å². The summed E-state index contributed by atoms with van der Waals surface area (Å²) < 4.78 is 44.3. The first-order valence-electron chi connectivity index (χ1n) is 9.85. The van der Waals surface area contributed by atoms with Gasteiger partial charge in [0.15, 0.2) is 0 Å². The van der Waals surface area contributed by atoms with Crippen molar-refractivity contribution in [3.63, 3.8) is 0 Å². The highest BCUT2D eigenvalue weighted by molar-refractivity contribution is 5.95. The third kappa shape index (κ3) is 4.59. The molecule has 3 aromatic carbocycles. The Bertz CT molecular complexity index is 1180. The number of hydrazone groups is 1. The van der Waals surface area contributed by atoms with Crippen molar-refractivity contribution >= 4 is 17.8 Å². The zero-order valence-electron chi connectivity index (χ0n) is 17.2. The minimum Gasteiger partial charge on any atom is -0.496 e. The Kier molecular flexibility index (Phi) is 5.85. The number of anilines is 1. The summed E-state index contributed by atoms with van der Waals surface area (Å²) in [6, 6.07) is 17.8. The number of nitrogens with zero attached hydrogens (tertiary/aromatic N) is 2. The number of rotatable bonds is 5. The molecule has 0 atom stereocenters. The number of alkyl halides is 3. The van der Waals surface area contributed by atoms with Crippen molar-refractivity contribution in [2.45, 2.75) is 19.3 Å². The average molecular weight is 439 g/mol. The summed E-state index contributed by atoms with van der Waals surface area (Å²) in [6.07, 6.45) is -2.89. The van der Waals surface area contributed by atoms with Gasteiger partial charge in [0.05, 0.1) is 18.9 Å². The van der Waals surface area contributed by atoms with E-state index < -0.39 is 11.7 Å². The van der Waals surface area contributed by atoms with Crippen molar-refractivity contribution in [1.29, 1.82) is 0 Å². The van der Waals surface area contributed by atoms with Crippen LogP contribution in [0.3, 0.4) is 0 Å². The third-order valence-electron chi connectivity index (χ3n) is 5.24. The molecule has 1 N–H and O–H groups in total. The second-order valence-electron chi connectivity index (χ2n) is 7.33. The zero-order valence-corrected chi connectivity index (χ0v) is 17.2. The summed E-state index contributed by atoms with van der Waals surface area (Å²) >= 11 is 0. The van der Waals surface area contributed by atoms with Gasteiger partial charge in [0, 0.05) is 29.9 Å². The number of methoxy groups -OCH3 is 1. The standard InChI is InChI=1S/C24H20F3N3O2/c1-32-22-8-3-2-5-17(22)13-28-29-23(31)16-9-10-18-14-30(15-19(18)11-16)21-7-4-6-20(12-21)24(25,26)27/h2-13H,14-15H2,1H3,(H,29,31)/b28-13+. The van der Waals surface area contributed by atoms with Crippen LogP contribution >= 0.6 is 0 Å². The maximum absolute atomic E-state index is 13.0. The van der Waals surface area contributed by atoms with E-state index >= 15 is 0 Å². The van der Waals surface area contributed by atoms with Gasteiger partial charge in [-0.1, -0.05) is 24.3 Å². The van der Waals surface area contributed by atoms with Crippen molar-refractivity contribution in [3.8, 4) is 5.75 Å². The Morgan fingerprint density at radius 2 is 1.81 bits per heavy atom. The van der Waals surface area contributed by atoms with Crippen LogP contribution in [-0.4, -0.2) is 19.2 Å². The average Bonchev–Trinajstić information content (AvgIpc) is 3.22. The highest BCUT2D eigenvalue weighted by Gasteiger charge is 2.31. The number of hydrogen-bond donors (Lipinski definition) is 1. The minimum atomic E-state index is -4.39. The normalized spacial score (nSPS) is 13.3. The van der Waals surface area contributed by atoms with Crippen LogP contribution in [0.4, 0.5) is 18.9 Å². The minimum absolute atomic E-state index is 0.378. The fourth-order valence-electron chi connectivity index (χ4n) is 3.60. The van der Waals surface area contributed by atoms with Crippen molar-refractivity contribution in [2.24, 2.45) is 5.10 Å². The first-order valence-corrected chi connectivity index (χ1v) is 9.85. The highest BCUT2D eigenvalue weighted by Crippen LogP contribution is 2.34. The van der Waals surface area contributed by atoms with Crippen LogP contribution in [0.1, 0.15) is 32.6 Å². The van der Waals surface area contributed by atoms with Gasteiger partial charge >= 0.3 is 6.18 Å². The molecular weight excluding hydrogens is 419 g/mol. The molecule has 0 fully saturated rings. The number of carbonyl (C=O) groups is 1. The molecule has 8 heteroatoms. The van der Waals surface area contributed by atoms with Gasteiger partial charge in [-0.25, -0.2) is 5.43 Å². The topological polar surface area (TPSA) is 53.9 Å². The molecule has 1 aliphatic rings. The van der Waals surface area contributed by atoms with Gasteiger partial charge in [0.25, 0.3) is 5.91 Å². The Balaban J connectivity index is 1.45. The van der Waals surface area contributed by atoms with Crippen molar-refractivity contribution in [2.75, 3.05) is 12.0 Å². The molecule has 3 aromatic rings. The molecule has 0 aromatic heterocycles. The lowest BCUT2D eigenvalue weighted by atomic mass is 10.1. The van der Waals surface area contributed by atoms with Crippen LogP contribution in [-0.2, 0) is 19.3 Å². The molecule has 0 aliphatic carbocycles. The summed E-state index contributed by atoms with van der Waals surface area (Å²) in [5.41, 5.74) is 5.31. The van der Waals surface area contributed by atoms with Crippen molar-refractivity contribution in [1.82, 2.24) is 5.43 Å². The van der Waals surface area contributed by atoms with Crippen LogP contribution in [0.5, 0.6) is 5.75 Å². The number of hydrogen-bond acceptors (Lipinski definition) is 4. The lowest BCUT2D eigenvalue weighted by Crippen LogP contribution is -2.18. The van der Waals surface area contributed by atoms with Crippen LogP contribution in [0.25, 0.3) is 0 Å². The zero-order chi connectivity index (χ0) is 22.7. The number of fused-ring (bicyclic) bond motifs is 1. The lowest BCUT2D eigenvalue weighted by Gasteiger charge is -2.19. The summed E-state index contributed by atoms with van der Waals surface area (Å²) in [7, 11) is 1.55. The number of benzene rings is 3. The number of halogens is 3. The summed E-state index contributed by atoms with van der Waals surface area (Å²) in [6.45, 7) is 0.896. The van der Waals surface area contributed by atoms with E-state index in [2.05, 4.69) is 10.5 Å². The molecule has 1 heterocycles. The van der Waals surface area contributed by atoms with Crippen molar-refractivity contribution < 1.29 is 22.7 Å². The van der Waals surface area contributed by atoms with Gasteiger partial charge in [-0.05, 0) is 53.6 Å². The molecule has 0 saturated carbocycles. The maximum atomic E-state index is 13.0. The molecule has 1 aliphatic heterocycles. The molecule has 0 saturated heterocycles. The van der Waals surface area contributed by atoms with E-state index in [1.807, 2.05) is 29.2 Å². The Morgan fingerprint density at radius 3 is 2.59 bits per heavy atom. The van der Waals surface area contributed by atoms with Gasteiger partial charge in [-0.15, -0.1) is 0 Å². The molecule has 164 valence electrons. The monoisotopic (exact) mass is 439 g/mol. The Hall–Kier alpha value is -3.81. The fraction of sp³-hybridized carbons (Fsp3) is 0.167. The molecule has 0 spiro atoms. The van der Waals surface area contributed by atoms with E-state index in [-0.39, 0.29) is 5.91 Å². The van der Waals surface area contributed by atoms with E-state index in [0.717, 1.165) is 28.8 Å². The SMILES string of the molecule is COc1ccccc1/C=N/NC(=O)c1ccc2c(c1)CN(c1cccc(C(F)(F)F)c1)C2. The summed E-state index contributed by atoms with van der Waals surface area (Å²) in [5, 5.41) is 3.99. The van der Waals surface area contributed by atoms with E-state index in [4.69, 9.17) is 4.74 Å². The molecule has 0 bridgehead atoms. The van der Waals surface area contributed by atoms with Gasteiger partial charge in [0.2, 0.25) is 0 Å². The number of para-hydroxylation sites is 1. The van der Waals surface area contributed by atoms with Gasteiger partial charge in [-0.3, -0.25) is 4.79 Å². The smallest absolute Gasteiger partial charge is 0.416 e. The van der Waals surface area contributed by atoms with Crippen molar-refractivity contribution in [3.05, 3.63) is 94.5 Å². The largest absolute Gasteiger partial charge is 0.496 e. The van der Waals surface area contributed by atoms with Gasteiger partial charge < -0.3 is 9.64 Å². The van der Waals surface area contributed by atoms with Crippen LogP contribution in [0.2, 0.25) is 0 Å². The molecule has 5 nitrogen and oxygen atoms in total. The third-order valence-corrected chi connectivity index (χ3v) is 5.24. The first kappa shape index (κ1) is 21.4. The van der Waals surface area contributed by atoms with Crippen LogP contribution < -0.4 is 15.1 Å². The fourth-order valence-corrected chi connectivity index (χ4v) is 3.60. The first-order chi connectivity index (χ1) is 15.3. The molecular formula is C24H20F3N3O2. The van der Waals surface area contributed by atoms with E-state index in [1.54, 1.807) is 31.4 Å². The number of amides is 1. The molecule has 1 amide bonds. The summed E-state index contributed by atoms with van der Waals surface area (Å²) in [4.78, 5) is 14.3. The summed E-state index contributed by atoms with van der Waals surface area (Å²) in [5.74, 6) is 0.259. The molecule has 32 heavy (non-hydrogen) atoms. The number of nitrogens with one attached hydrogen (secondary N) is 1. The Morgan fingerprint density at radius 1 is 1.03 bits per heavy atom. The quantitative estimate of drug-likeness (QED) is 0.450. The van der Waals surface area contributed by atoms with Crippen LogP contribution in [0, 0.1) is 0 Å². The second-order valence-corrected chi connectivity index (χ2v) is 7.33. The second kappa shape index (κ2) is 8.74. The lowest BCUT2D eigenvalue weighted by molar-refractivity contribution is -0.137. The molecule has 0 unspecified atom stereocenters. The number of carbonyl (C=O) groups excluding carboxylic acids is 1. The van der Waals surface area contributed by atoms with E-state index in [1.165, 1.54) is 12.3 Å². The van der Waals surface area contributed by atoms with Gasteiger partial charge in [-0.2, -0.15) is 18.3 Å². The predicted octanol–water partition coefficient (Wildman–Crippen LogP) is 5.00. The molecule has 4 rings (SSSR count). The number of ether oxygens (including phenoxy) is 1. The highest BCUT2D eigenvalue weighted by atomic mass is 19.4. The van der Waals surface area contributed by atoms with Crippen LogP contribution in [0.15, 0.2) is 71.8 Å². The van der Waals surface area contributed by atoms with E-state index in [9.17, 15) is 18.0 Å². The van der Waals surface area contributed by atoms with E-state index in [0.29, 0.717) is 30.1 Å².